The smallest absolute Gasteiger partial charge is 0.193 e. The highest BCUT2D eigenvalue weighted by atomic mass is 127. The summed E-state index contributed by atoms with van der Waals surface area (Å²) in [7, 11) is 6.00. The monoisotopic (exact) mass is 524 g/mol. The Hall–Kier alpha value is -1.88. The number of hydrogen-bond donors (Lipinski definition) is 1. The minimum absolute atomic E-state index is 0. The van der Waals surface area contributed by atoms with Crippen LogP contribution in [0.3, 0.4) is 0 Å². The third kappa shape index (κ3) is 5.42. The van der Waals surface area contributed by atoms with E-state index in [1.54, 1.807) is 0 Å². The van der Waals surface area contributed by atoms with Crippen LogP contribution in [0.2, 0.25) is 0 Å². The molecular formula is C21H33IN8. The summed E-state index contributed by atoms with van der Waals surface area (Å²) in [4.78, 5) is 16.2. The number of nitrogens with zero attached hydrogens (tertiary/aromatic N) is 7. The Morgan fingerprint density at radius 1 is 1.13 bits per heavy atom. The molecule has 2 aromatic heterocycles. The van der Waals surface area contributed by atoms with Gasteiger partial charge in [0.05, 0.1) is 6.20 Å². The first-order valence-corrected chi connectivity index (χ1v) is 10.4. The van der Waals surface area contributed by atoms with Gasteiger partial charge in [-0.3, -0.25) is 9.67 Å². The van der Waals surface area contributed by atoms with E-state index in [-0.39, 0.29) is 24.0 Å². The van der Waals surface area contributed by atoms with E-state index in [2.05, 4.69) is 60.5 Å². The van der Waals surface area contributed by atoms with Crippen LogP contribution in [0.5, 0.6) is 0 Å². The van der Waals surface area contributed by atoms with Crippen molar-refractivity contribution in [2.45, 2.75) is 18.9 Å². The van der Waals surface area contributed by atoms with Gasteiger partial charge in [-0.15, -0.1) is 24.0 Å². The average molecular weight is 524 g/mol. The van der Waals surface area contributed by atoms with E-state index in [1.165, 1.54) is 11.1 Å². The van der Waals surface area contributed by atoms with Crippen LogP contribution in [0.15, 0.2) is 35.7 Å². The Morgan fingerprint density at radius 2 is 1.93 bits per heavy atom. The van der Waals surface area contributed by atoms with E-state index < -0.39 is 0 Å². The van der Waals surface area contributed by atoms with E-state index >= 15 is 0 Å². The maximum atomic E-state index is 4.69. The average Bonchev–Trinajstić information content (AvgIpc) is 3.39. The zero-order chi connectivity index (χ0) is 20.2. The molecule has 0 saturated carbocycles. The van der Waals surface area contributed by atoms with Crippen LogP contribution in [-0.2, 0) is 13.6 Å². The lowest BCUT2D eigenvalue weighted by Gasteiger charge is -2.33. The molecule has 4 heterocycles. The number of guanidine groups is 1. The van der Waals surface area contributed by atoms with Crippen molar-refractivity contribution in [3.05, 3.63) is 41.9 Å². The topological polar surface area (TPSA) is 64.8 Å². The van der Waals surface area contributed by atoms with Crippen LogP contribution < -0.4 is 10.2 Å². The van der Waals surface area contributed by atoms with Gasteiger partial charge in [-0.2, -0.15) is 5.10 Å². The minimum atomic E-state index is 0. The molecule has 2 aromatic rings. The van der Waals surface area contributed by atoms with Crippen LogP contribution >= 0.6 is 24.0 Å². The predicted molar refractivity (Wildman–Crippen MR) is 132 cm³/mol. The summed E-state index contributed by atoms with van der Waals surface area (Å²) < 4.78 is 1.88. The Labute approximate surface area is 196 Å². The fourth-order valence-corrected chi connectivity index (χ4v) is 4.13. The molecule has 2 fully saturated rings. The van der Waals surface area contributed by atoms with Crippen molar-refractivity contribution in [2.75, 3.05) is 58.3 Å². The third-order valence-corrected chi connectivity index (χ3v) is 5.98. The SMILES string of the molecule is CN=C(NCc1ccc(N2CCN(C)CC2)nc1)N1CCC(c2cnn(C)c2)C1.I. The highest BCUT2D eigenvalue weighted by molar-refractivity contribution is 14.0. The number of anilines is 1. The van der Waals surface area contributed by atoms with E-state index in [4.69, 9.17) is 0 Å². The number of rotatable bonds is 4. The molecule has 1 unspecified atom stereocenters. The summed E-state index contributed by atoms with van der Waals surface area (Å²) in [6.07, 6.45) is 7.22. The number of aryl methyl sites for hydroxylation is 1. The summed E-state index contributed by atoms with van der Waals surface area (Å²) in [6, 6.07) is 4.31. The van der Waals surface area contributed by atoms with Gasteiger partial charge in [-0.05, 0) is 30.7 Å². The Morgan fingerprint density at radius 3 is 2.57 bits per heavy atom. The third-order valence-electron chi connectivity index (χ3n) is 5.98. The van der Waals surface area contributed by atoms with Crippen molar-refractivity contribution in [2.24, 2.45) is 12.0 Å². The van der Waals surface area contributed by atoms with Gasteiger partial charge in [0.15, 0.2) is 5.96 Å². The molecule has 8 nitrogen and oxygen atoms in total. The quantitative estimate of drug-likeness (QED) is 0.374. The maximum absolute atomic E-state index is 4.69. The van der Waals surface area contributed by atoms with Gasteiger partial charge in [-0.1, -0.05) is 6.07 Å². The largest absolute Gasteiger partial charge is 0.354 e. The molecular weight excluding hydrogens is 491 g/mol. The second-order valence-electron chi connectivity index (χ2n) is 8.09. The molecule has 30 heavy (non-hydrogen) atoms. The Kier molecular flexibility index (Phi) is 7.93. The standard InChI is InChI=1S/C21H32N8.HI/c1-22-21(29-7-6-18(16-29)19-14-25-27(3)15-19)24-13-17-4-5-20(23-12-17)28-10-8-26(2)9-11-28;/h4-5,12,14-15,18H,6-11,13,16H2,1-3H3,(H,22,24);1H. The fraction of sp³-hybridized carbons (Fsp3) is 0.571. The molecule has 164 valence electrons. The second kappa shape index (κ2) is 10.4. The van der Waals surface area contributed by atoms with E-state index in [0.29, 0.717) is 5.92 Å². The lowest BCUT2D eigenvalue weighted by Crippen LogP contribution is -2.44. The molecule has 0 radical (unpaired) electrons. The van der Waals surface area contributed by atoms with Crippen LogP contribution in [-0.4, -0.2) is 83.9 Å². The van der Waals surface area contributed by atoms with E-state index in [9.17, 15) is 0 Å². The van der Waals surface area contributed by atoms with Gasteiger partial charge < -0.3 is 20.0 Å². The van der Waals surface area contributed by atoms with Gasteiger partial charge in [0.25, 0.3) is 0 Å². The number of aliphatic imine (C=N–C) groups is 1. The Balaban J connectivity index is 0.00000256. The summed E-state index contributed by atoms with van der Waals surface area (Å²) >= 11 is 0. The van der Waals surface area contributed by atoms with E-state index in [1.807, 2.05) is 31.2 Å². The minimum Gasteiger partial charge on any atom is -0.354 e. The zero-order valence-electron chi connectivity index (χ0n) is 18.2. The van der Waals surface area contributed by atoms with Crippen LogP contribution in [0, 0.1) is 0 Å². The first-order chi connectivity index (χ1) is 14.1. The summed E-state index contributed by atoms with van der Waals surface area (Å²) in [5.41, 5.74) is 2.49. The van der Waals surface area contributed by atoms with Crippen molar-refractivity contribution in [3.63, 3.8) is 0 Å². The number of pyridine rings is 1. The number of nitrogens with one attached hydrogen (secondary N) is 1. The lowest BCUT2D eigenvalue weighted by molar-refractivity contribution is 0.312. The van der Waals surface area contributed by atoms with Crippen molar-refractivity contribution >= 4 is 35.8 Å². The summed E-state index contributed by atoms with van der Waals surface area (Å²) in [6.45, 7) is 7.00. The van der Waals surface area contributed by atoms with Gasteiger partial charge in [-0.25, -0.2) is 4.98 Å². The molecule has 4 rings (SSSR count). The highest BCUT2D eigenvalue weighted by Crippen LogP contribution is 2.26. The number of halogens is 1. The zero-order valence-corrected chi connectivity index (χ0v) is 20.5. The molecule has 2 aliphatic heterocycles. The highest BCUT2D eigenvalue weighted by Gasteiger charge is 2.26. The molecule has 9 heteroatoms. The molecule has 0 amide bonds. The second-order valence-corrected chi connectivity index (χ2v) is 8.09. The van der Waals surface area contributed by atoms with Crippen molar-refractivity contribution in [1.82, 2.24) is 29.9 Å². The number of aromatic nitrogens is 3. The predicted octanol–water partition coefficient (Wildman–Crippen LogP) is 1.75. The first-order valence-electron chi connectivity index (χ1n) is 10.4. The molecule has 0 bridgehead atoms. The van der Waals surface area contributed by atoms with Gasteiger partial charge in [0.1, 0.15) is 5.82 Å². The van der Waals surface area contributed by atoms with E-state index in [0.717, 1.165) is 64.0 Å². The molecule has 0 spiro atoms. The number of likely N-dealkylation sites (tertiary alicyclic amines) is 1. The van der Waals surface area contributed by atoms with Crippen molar-refractivity contribution < 1.29 is 0 Å². The van der Waals surface area contributed by atoms with Gasteiger partial charge in [0.2, 0.25) is 0 Å². The first kappa shape index (κ1) is 22.8. The molecule has 1 atom stereocenters. The molecule has 1 N–H and O–H groups in total. The summed E-state index contributed by atoms with van der Waals surface area (Å²) in [5.74, 6) is 2.55. The van der Waals surface area contributed by atoms with Gasteiger partial charge >= 0.3 is 0 Å². The molecule has 0 aromatic carbocycles. The molecule has 2 saturated heterocycles. The van der Waals surface area contributed by atoms with Gasteiger partial charge in [0, 0.05) is 78.2 Å². The van der Waals surface area contributed by atoms with Crippen LogP contribution in [0.1, 0.15) is 23.5 Å². The van der Waals surface area contributed by atoms with Crippen molar-refractivity contribution in [1.29, 1.82) is 0 Å². The summed E-state index contributed by atoms with van der Waals surface area (Å²) in [5, 5.41) is 7.82. The lowest BCUT2D eigenvalue weighted by atomic mass is 10.0. The van der Waals surface area contributed by atoms with Crippen LogP contribution in [0.4, 0.5) is 5.82 Å². The molecule has 2 aliphatic rings. The maximum Gasteiger partial charge on any atom is 0.193 e. The normalized spacial score (nSPS) is 20.4. The number of likely N-dealkylation sites (N-methyl/N-ethyl adjacent to an activating group) is 1. The Bertz CT molecular complexity index is 826. The van der Waals surface area contributed by atoms with Crippen LogP contribution in [0.25, 0.3) is 0 Å². The van der Waals surface area contributed by atoms with Crippen molar-refractivity contribution in [3.8, 4) is 0 Å². The molecule has 0 aliphatic carbocycles. The fourth-order valence-electron chi connectivity index (χ4n) is 4.13. The number of hydrogen-bond acceptors (Lipinski definition) is 5. The number of piperazine rings is 1.